The van der Waals surface area contributed by atoms with Crippen LogP contribution in [0.5, 0.6) is 5.75 Å². The molecule has 1 unspecified atom stereocenters. The van der Waals surface area contributed by atoms with Gasteiger partial charge in [0.05, 0.1) is 0 Å². The van der Waals surface area contributed by atoms with Gasteiger partial charge in [-0.15, -0.1) is 0 Å². The van der Waals surface area contributed by atoms with Gasteiger partial charge in [-0.05, 0) is 44.2 Å². The topological polar surface area (TPSA) is 58.6 Å². The van der Waals surface area contributed by atoms with Crippen molar-refractivity contribution in [2.24, 2.45) is 0 Å². The zero-order chi connectivity index (χ0) is 13.8. The summed E-state index contributed by atoms with van der Waals surface area (Å²) in [5, 5.41) is 12.0. The third-order valence-corrected chi connectivity index (χ3v) is 2.69. The van der Waals surface area contributed by atoms with E-state index in [2.05, 4.69) is 5.32 Å². The van der Waals surface area contributed by atoms with Crippen LogP contribution in [0, 0.1) is 12.7 Å². The van der Waals surface area contributed by atoms with Crippen LogP contribution in [-0.2, 0) is 4.79 Å². The maximum absolute atomic E-state index is 12.9. The number of likely N-dealkylation sites (N-methyl/N-ethyl adjacent to an activating group) is 1. The molecule has 100 valence electrons. The number of benzene rings is 1. The molecule has 18 heavy (non-hydrogen) atoms. The van der Waals surface area contributed by atoms with Gasteiger partial charge in [0.25, 0.3) is 0 Å². The van der Waals surface area contributed by atoms with Crippen LogP contribution in [-0.4, -0.2) is 29.8 Å². The van der Waals surface area contributed by atoms with Gasteiger partial charge in [-0.1, -0.05) is 6.92 Å². The molecule has 0 fully saturated rings. The molecular formula is C13H18FNO3. The van der Waals surface area contributed by atoms with Gasteiger partial charge in [-0.2, -0.15) is 0 Å². The number of nitrogens with one attached hydrogen (secondary N) is 1. The number of carboxylic acids is 1. The first-order chi connectivity index (χ1) is 8.39. The molecule has 0 aliphatic heterocycles. The Bertz CT molecular complexity index is 436. The van der Waals surface area contributed by atoms with Crippen LogP contribution in [0.2, 0.25) is 0 Å². The highest BCUT2D eigenvalue weighted by Crippen LogP contribution is 2.19. The summed E-state index contributed by atoms with van der Waals surface area (Å²) < 4.78 is 18.4. The summed E-state index contributed by atoms with van der Waals surface area (Å²) in [6.07, 6.45) is 0. The van der Waals surface area contributed by atoms with Crippen LogP contribution >= 0.6 is 0 Å². The van der Waals surface area contributed by atoms with Crippen molar-refractivity contribution in [3.63, 3.8) is 0 Å². The second kappa shape index (κ2) is 5.82. The molecular weight excluding hydrogens is 237 g/mol. The molecule has 5 heteroatoms. The van der Waals surface area contributed by atoms with Gasteiger partial charge in [-0.3, -0.25) is 10.1 Å². The number of halogens is 1. The minimum atomic E-state index is -1.16. The van der Waals surface area contributed by atoms with Gasteiger partial charge >= 0.3 is 5.97 Å². The summed E-state index contributed by atoms with van der Waals surface area (Å²) in [5.74, 6) is -0.835. The smallest absolute Gasteiger partial charge is 0.327 e. The maximum Gasteiger partial charge on any atom is 0.327 e. The van der Waals surface area contributed by atoms with Gasteiger partial charge < -0.3 is 9.84 Å². The van der Waals surface area contributed by atoms with Gasteiger partial charge in [0.2, 0.25) is 0 Å². The lowest BCUT2D eigenvalue weighted by atomic mass is 10.0. The van der Waals surface area contributed by atoms with Crippen molar-refractivity contribution in [2.45, 2.75) is 26.3 Å². The quantitative estimate of drug-likeness (QED) is 0.816. The molecule has 0 aliphatic rings. The molecule has 4 nitrogen and oxygen atoms in total. The lowest BCUT2D eigenvalue weighted by Gasteiger charge is -2.26. The number of carboxylic acid groups (broad SMARTS) is 1. The molecule has 0 amide bonds. The SMILES string of the molecule is CCNC(C)(COc1ccc(F)cc1C)C(=O)O. The van der Waals surface area contributed by atoms with Crippen LogP contribution in [0.25, 0.3) is 0 Å². The van der Waals surface area contributed by atoms with Gasteiger partial charge in [0.15, 0.2) is 0 Å². The number of ether oxygens (including phenoxy) is 1. The fourth-order valence-electron chi connectivity index (χ4n) is 1.58. The molecule has 0 heterocycles. The van der Waals surface area contributed by atoms with Gasteiger partial charge in [0.1, 0.15) is 23.7 Å². The van der Waals surface area contributed by atoms with E-state index in [1.165, 1.54) is 18.2 Å². The van der Waals surface area contributed by atoms with Crippen molar-refractivity contribution in [1.82, 2.24) is 5.32 Å². The molecule has 0 saturated carbocycles. The van der Waals surface area contributed by atoms with Crippen molar-refractivity contribution in [2.75, 3.05) is 13.2 Å². The van der Waals surface area contributed by atoms with E-state index >= 15 is 0 Å². The zero-order valence-electron chi connectivity index (χ0n) is 10.8. The average Bonchev–Trinajstić information content (AvgIpc) is 2.28. The van der Waals surface area contributed by atoms with E-state index < -0.39 is 11.5 Å². The number of carbonyl (C=O) groups is 1. The normalized spacial score (nSPS) is 14.0. The van der Waals surface area contributed by atoms with E-state index in [1.54, 1.807) is 13.8 Å². The highest BCUT2D eigenvalue weighted by molar-refractivity contribution is 5.78. The second-order valence-corrected chi connectivity index (χ2v) is 4.37. The standard InChI is InChI=1S/C13H18FNO3/c1-4-15-13(3,12(16)17)8-18-11-6-5-10(14)7-9(11)2/h5-7,15H,4,8H2,1-3H3,(H,16,17). The summed E-state index contributed by atoms with van der Waals surface area (Å²) in [4.78, 5) is 11.2. The average molecular weight is 255 g/mol. The first-order valence-corrected chi connectivity index (χ1v) is 5.76. The third kappa shape index (κ3) is 3.43. The molecule has 0 saturated heterocycles. The molecule has 0 aromatic heterocycles. The highest BCUT2D eigenvalue weighted by atomic mass is 19.1. The predicted molar refractivity (Wildman–Crippen MR) is 66.3 cm³/mol. The summed E-state index contributed by atoms with van der Waals surface area (Å²) >= 11 is 0. The Hall–Kier alpha value is -1.62. The van der Waals surface area contributed by atoms with Crippen LogP contribution in [0.15, 0.2) is 18.2 Å². The van der Waals surface area contributed by atoms with Gasteiger partial charge in [-0.25, -0.2) is 4.39 Å². The van der Waals surface area contributed by atoms with Crippen LogP contribution < -0.4 is 10.1 Å². The van der Waals surface area contributed by atoms with Gasteiger partial charge in [0, 0.05) is 0 Å². The summed E-state index contributed by atoms with van der Waals surface area (Å²) in [5.41, 5.74) is -0.519. The minimum absolute atomic E-state index is 0.0252. The molecule has 1 atom stereocenters. The number of hydrogen-bond donors (Lipinski definition) is 2. The molecule has 0 spiro atoms. The summed E-state index contributed by atoms with van der Waals surface area (Å²) in [7, 11) is 0. The van der Waals surface area contributed by atoms with Crippen LogP contribution in [0.1, 0.15) is 19.4 Å². The monoisotopic (exact) mass is 255 g/mol. The Morgan fingerprint density at radius 1 is 1.56 bits per heavy atom. The Balaban J connectivity index is 2.76. The van der Waals surface area contributed by atoms with E-state index in [1.807, 2.05) is 6.92 Å². The van der Waals surface area contributed by atoms with E-state index in [0.717, 1.165) is 0 Å². The molecule has 1 rings (SSSR count). The summed E-state index contributed by atoms with van der Waals surface area (Å²) in [6.45, 7) is 5.59. The number of aliphatic carboxylic acids is 1. The van der Waals surface area contributed by atoms with E-state index in [0.29, 0.717) is 17.9 Å². The van der Waals surface area contributed by atoms with Crippen molar-refractivity contribution in [1.29, 1.82) is 0 Å². The number of aryl methyl sites for hydroxylation is 1. The molecule has 1 aromatic carbocycles. The van der Waals surface area contributed by atoms with Crippen molar-refractivity contribution >= 4 is 5.97 Å². The Morgan fingerprint density at radius 2 is 2.22 bits per heavy atom. The molecule has 1 aromatic rings. The van der Waals surface area contributed by atoms with Crippen LogP contribution in [0.3, 0.4) is 0 Å². The van der Waals surface area contributed by atoms with Crippen LogP contribution in [0.4, 0.5) is 4.39 Å². The van der Waals surface area contributed by atoms with E-state index in [4.69, 9.17) is 9.84 Å². The largest absolute Gasteiger partial charge is 0.491 e. The second-order valence-electron chi connectivity index (χ2n) is 4.37. The third-order valence-electron chi connectivity index (χ3n) is 2.69. The van der Waals surface area contributed by atoms with E-state index in [-0.39, 0.29) is 12.4 Å². The fraction of sp³-hybridized carbons (Fsp3) is 0.462. The number of rotatable bonds is 6. The zero-order valence-corrected chi connectivity index (χ0v) is 10.8. The van der Waals surface area contributed by atoms with Crippen molar-refractivity contribution in [3.05, 3.63) is 29.6 Å². The van der Waals surface area contributed by atoms with Crippen molar-refractivity contribution < 1.29 is 19.0 Å². The molecule has 0 radical (unpaired) electrons. The maximum atomic E-state index is 12.9. The lowest BCUT2D eigenvalue weighted by molar-refractivity contribution is -0.145. The Kier molecular flexibility index (Phi) is 4.67. The molecule has 0 bridgehead atoms. The molecule has 0 aliphatic carbocycles. The van der Waals surface area contributed by atoms with Crippen molar-refractivity contribution in [3.8, 4) is 5.75 Å². The summed E-state index contributed by atoms with van der Waals surface area (Å²) in [6, 6.07) is 4.13. The molecule has 2 N–H and O–H groups in total. The first-order valence-electron chi connectivity index (χ1n) is 5.76. The minimum Gasteiger partial charge on any atom is -0.491 e. The Morgan fingerprint density at radius 3 is 2.72 bits per heavy atom. The Labute approximate surface area is 106 Å². The number of hydrogen-bond acceptors (Lipinski definition) is 3. The first kappa shape index (κ1) is 14.4. The highest BCUT2D eigenvalue weighted by Gasteiger charge is 2.33. The van der Waals surface area contributed by atoms with E-state index in [9.17, 15) is 9.18 Å². The predicted octanol–water partition coefficient (Wildman–Crippen LogP) is 1.97. The fourth-order valence-corrected chi connectivity index (χ4v) is 1.58. The lowest BCUT2D eigenvalue weighted by Crippen LogP contribution is -2.53.